The summed E-state index contributed by atoms with van der Waals surface area (Å²) in [6.45, 7) is 3.38. The first-order valence-electron chi connectivity index (χ1n) is 11.2. The second kappa shape index (κ2) is 11.4. The number of rotatable bonds is 7. The number of esters is 1. The van der Waals surface area contributed by atoms with Gasteiger partial charge in [0.25, 0.3) is 0 Å². The summed E-state index contributed by atoms with van der Waals surface area (Å²) < 4.78 is 29.9. The quantitative estimate of drug-likeness (QED) is 0.208. The van der Waals surface area contributed by atoms with Crippen LogP contribution in [0.1, 0.15) is 25.6 Å². The van der Waals surface area contributed by atoms with Gasteiger partial charge in [-0.25, -0.2) is 0 Å². The number of aliphatic hydroxyl groups is 1. The van der Waals surface area contributed by atoms with Gasteiger partial charge in [-0.05, 0) is 0 Å². The molecule has 2 aromatic heterocycles. The fourth-order valence-corrected chi connectivity index (χ4v) is 5.03. The summed E-state index contributed by atoms with van der Waals surface area (Å²) in [5, 5.41) is 14.3. The zero-order valence-corrected chi connectivity index (χ0v) is 20.8. The van der Waals surface area contributed by atoms with Crippen molar-refractivity contribution in [2.24, 2.45) is 0 Å². The molecule has 0 bridgehead atoms. The number of imidazole rings is 1. The molecular formula is C21H29BN5O7P. The Labute approximate surface area is 203 Å². The number of anilines is 1. The average Bonchev–Trinajstić information content (AvgIpc) is 3.29. The van der Waals surface area contributed by atoms with Crippen LogP contribution >= 0.6 is 7.82 Å². The van der Waals surface area contributed by atoms with E-state index in [1.807, 2.05) is 37.3 Å². The van der Waals surface area contributed by atoms with Gasteiger partial charge in [0.15, 0.2) is 0 Å². The number of nitrogens with zero attached hydrogens (tertiary/aromatic N) is 4. The Morgan fingerprint density at radius 2 is 2.03 bits per heavy atom. The number of nitrogens with one attached hydrogen (secondary N) is 1. The third-order valence-electron chi connectivity index (χ3n) is 5.32. The van der Waals surface area contributed by atoms with E-state index in [1.54, 1.807) is 18.5 Å². The van der Waals surface area contributed by atoms with Crippen molar-refractivity contribution in [2.75, 3.05) is 25.3 Å². The predicted octanol–water partition coefficient (Wildman–Crippen LogP) is 1.33. The molecule has 188 valence electrons. The van der Waals surface area contributed by atoms with Crippen LogP contribution in [0.4, 0.5) is 5.82 Å². The Morgan fingerprint density at radius 1 is 1.26 bits per heavy atom. The van der Waals surface area contributed by atoms with Crippen molar-refractivity contribution < 1.29 is 32.9 Å². The van der Waals surface area contributed by atoms with Gasteiger partial charge in [0, 0.05) is 0 Å². The minimum absolute atomic E-state index is 0.135. The predicted molar refractivity (Wildman–Crippen MR) is 131 cm³/mol. The number of benzene rings is 1. The molecule has 0 aliphatic carbocycles. The molecule has 35 heavy (non-hydrogen) atoms. The molecule has 3 aromatic rings. The molecule has 0 amide bonds. The summed E-state index contributed by atoms with van der Waals surface area (Å²) in [6.07, 6.45) is 0.637. The van der Waals surface area contributed by atoms with E-state index in [1.165, 1.54) is 13.3 Å². The van der Waals surface area contributed by atoms with Crippen LogP contribution in [0.15, 0.2) is 43.0 Å². The van der Waals surface area contributed by atoms with Crippen LogP contribution in [-0.2, 0) is 34.4 Å². The summed E-state index contributed by atoms with van der Waals surface area (Å²) in [6, 6.07) is 9.94. The van der Waals surface area contributed by atoms with Crippen LogP contribution in [0.3, 0.4) is 0 Å². The Morgan fingerprint density at radius 3 is 2.80 bits per heavy atom. The van der Waals surface area contributed by atoms with Crippen molar-refractivity contribution in [3.8, 4) is 0 Å². The minimum atomic E-state index is -3.20. The summed E-state index contributed by atoms with van der Waals surface area (Å²) in [5.74, 6) is 0.0933. The standard InChI is InChI=1S/C21H29BN5O7P/c1-14-9-31-35(22,33-13-30-15(2)28)32-10-17(29)21(34-14)27-12-26-18-19(24-11-25-20(18)27)23-8-16-6-4-3-5-7-16/h3-7,11-12,14,17,21,29,35H,8-10,13,22H2,1-2H3,(H,23,24,25)/t14-,17-,21+/m0/s1. The summed E-state index contributed by atoms with van der Waals surface area (Å²) >= 11 is 0. The van der Waals surface area contributed by atoms with Gasteiger partial charge in [-0.3, -0.25) is 0 Å². The van der Waals surface area contributed by atoms with E-state index >= 15 is 0 Å². The Balaban J connectivity index is 1.52. The SMILES string of the molecule is B[PH]1(OCOC(C)=O)OC[C@H](C)O[C@@H](n2cnc3c(NCc4ccccc4)ncnc32)[C@@H](O)CO1. The molecule has 3 atom stereocenters. The number of carbonyl (C=O) groups excluding carboxylic acids is 1. The molecule has 0 saturated carbocycles. The number of aromatic nitrogens is 4. The molecule has 1 aliphatic heterocycles. The molecule has 14 heteroatoms. The van der Waals surface area contributed by atoms with Gasteiger partial charge >= 0.3 is 185 Å². The maximum absolute atomic E-state index is 11.0. The number of fused-ring (bicyclic) bond motifs is 1. The van der Waals surface area contributed by atoms with E-state index in [0.717, 1.165) is 5.56 Å². The summed E-state index contributed by atoms with van der Waals surface area (Å²) in [4.78, 5) is 24.2. The topological polar surface area (TPSA) is 139 Å². The van der Waals surface area contributed by atoms with Gasteiger partial charge in [0.1, 0.15) is 0 Å². The molecule has 0 radical (unpaired) electrons. The molecule has 1 fully saturated rings. The fraction of sp³-hybridized carbons (Fsp3) is 0.429. The zero-order chi connectivity index (χ0) is 24.8. The third kappa shape index (κ3) is 6.51. The Bertz CT molecular complexity index is 1140. The van der Waals surface area contributed by atoms with Crippen LogP contribution in [0.5, 0.6) is 0 Å². The van der Waals surface area contributed by atoms with Gasteiger partial charge in [0.2, 0.25) is 0 Å². The molecule has 4 rings (SSSR count). The normalized spacial score (nSPS) is 23.6. The van der Waals surface area contributed by atoms with Crippen molar-refractivity contribution in [3.05, 3.63) is 48.5 Å². The van der Waals surface area contributed by atoms with E-state index in [4.69, 9.17) is 23.0 Å². The number of hydrogen-bond acceptors (Lipinski definition) is 11. The van der Waals surface area contributed by atoms with Crippen LogP contribution in [0.2, 0.25) is 0 Å². The van der Waals surface area contributed by atoms with E-state index in [2.05, 4.69) is 20.3 Å². The molecular weight excluding hydrogens is 476 g/mol. The van der Waals surface area contributed by atoms with Crippen molar-refractivity contribution in [3.63, 3.8) is 0 Å². The van der Waals surface area contributed by atoms with Crippen LogP contribution in [-0.4, -0.2) is 70.4 Å². The van der Waals surface area contributed by atoms with Crippen LogP contribution in [0, 0.1) is 0 Å². The molecule has 1 saturated heterocycles. The van der Waals surface area contributed by atoms with Crippen LogP contribution < -0.4 is 5.32 Å². The third-order valence-corrected chi connectivity index (χ3v) is 7.34. The molecule has 2 N–H and O–H groups in total. The number of ether oxygens (including phenoxy) is 2. The van der Waals surface area contributed by atoms with Gasteiger partial charge in [0.05, 0.1) is 0 Å². The average molecular weight is 505 g/mol. The van der Waals surface area contributed by atoms with Gasteiger partial charge < -0.3 is 0 Å². The van der Waals surface area contributed by atoms with Crippen molar-refractivity contribution in [1.82, 2.24) is 19.5 Å². The first-order chi connectivity index (χ1) is 16.8. The van der Waals surface area contributed by atoms with E-state index in [0.29, 0.717) is 23.5 Å². The van der Waals surface area contributed by atoms with Crippen molar-refractivity contribution in [2.45, 2.75) is 38.8 Å². The molecule has 0 unspecified atom stereocenters. The molecule has 1 aliphatic rings. The van der Waals surface area contributed by atoms with E-state index in [9.17, 15) is 9.90 Å². The number of carbonyl (C=O) groups is 1. The monoisotopic (exact) mass is 505 g/mol. The first-order valence-corrected chi connectivity index (χ1v) is 13.4. The molecule has 3 heterocycles. The van der Waals surface area contributed by atoms with E-state index < -0.39 is 32.2 Å². The Kier molecular flexibility index (Phi) is 8.27. The number of hydrogen-bond donors (Lipinski definition) is 2. The molecule has 1 aromatic carbocycles. The Hall–Kier alpha value is -2.67. The van der Waals surface area contributed by atoms with Gasteiger partial charge in [-0.2, -0.15) is 0 Å². The van der Waals surface area contributed by atoms with Gasteiger partial charge in [-0.1, -0.05) is 18.2 Å². The maximum atomic E-state index is 11.0. The van der Waals surface area contributed by atoms with E-state index in [-0.39, 0.29) is 20.0 Å². The molecule has 0 spiro atoms. The molecule has 12 nitrogen and oxygen atoms in total. The second-order valence-electron chi connectivity index (χ2n) is 8.17. The second-order valence-corrected chi connectivity index (χ2v) is 10.8. The number of aliphatic hydroxyl groups excluding tert-OH is 1. The summed E-state index contributed by atoms with van der Waals surface area (Å²) in [5.41, 5.74) is 2.15. The van der Waals surface area contributed by atoms with Crippen LogP contribution in [0.25, 0.3) is 11.2 Å². The fourth-order valence-electron chi connectivity index (χ4n) is 3.50. The first kappa shape index (κ1) is 25.4. The zero-order valence-electron chi connectivity index (χ0n) is 19.8. The van der Waals surface area contributed by atoms with Gasteiger partial charge in [-0.15, -0.1) is 0 Å². The summed E-state index contributed by atoms with van der Waals surface area (Å²) in [7, 11) is -1.53. The van der Waals surface area contributed by atoms with Crippen molar-refractivity contribution in [1.29, 1.82) is 0 Å². The van der Waals surface area contributed by atoms with Crippen molar-refractivity contribution >= 4 is 38.3 Å².